The number of aliphatic carboxylic acids is 1. The van der Waals surface area contributed by atoms with Gasteiger partial charge in [-0.2, -0.15) is 0 Å². The fraction of sp³-hybridized carbons (Fsp3) is 0.778. The van der Waals surface area contributed by atoms with Gasteiger partial charge < -0.3 is 20.3 Å². The molecule has 0 radical (unpaired) electrons. The predicted octanol–water partition coefficient (Wildman–Crippen LogP) is -0.637. The highest BCUT2D eigenvalue weighted by atomic mass is 16.5. The van der Waals surface area contributed by atoms with Crippen molar-refractivity contribution in [2.75, 3.05) is 13.7 Å². The van der Waals surface area contributed by atoms with Gasteiger partial charge in [0.15, 0.2) is 6.10 Å². The summed E-state index contributed by atoms with van der Waals surface area (Å²) in [5.41, 5.74) is 0. The van der Waals surface area contributed by atoms with E-state index in [-0.39, 0.29) is 25.0 Å². The lowest BCUT2D eigenvalue weighted by Gasteiger charge is -2.10. The number of aliphatic hydroxyl groups excluding tert-OH is 1. The SMILES string of the molecule is COC(C)CCC(=O)NC[C@H](O)C(=O)O. The van der Waals surface area contributed by atoms with Crippen LogP contribution in [0.25, 0.3) is 0 Å². The summed E-state index contributed by atoms with van der Waals surface area (Å²) in [5.74, 6) is -1.64. The Balaban J connectivity index is 3.62. The molecule has 0 aromatic carbocycles. The molecule has 2 atom stereocenters. The van der Waals surface area contributed by atoms with Gasteiger partial charge in [-0.3, -0.25) is 4.79 Å². The van der Waals surface area contributed by atoms with Crippen molar-refractivity contribution in [2.24, 2.45) is 0 Å². The highest BCUT2D eigenvalue weighted by molar-refractivity contribution is 5.77. The first-order valence-corrected chi connectivity index (χ1v) is 4.67. The second-order valence-corrected chi connectivity index (χ2v) is 3.24. The maximum atomic E-state index is 11.1. The van der Waals surface area contributed by atoms with E-state index in [2.05, 4.69) is 5.32 Å². The zero-order valence-electron chi connectivity index (χ0n) is 8.90. The summed E-state index contributed by atoms with van der Waals surface area (Å²) in [6.07, 6.45) is -0.749. The molecule has 0 aromatic heterocycles. The maximum absolute atomic E-state index is 11.1. The zero-order chi connectivity index (χ0) is 11.8. The lowest BCUT2D eigenvalue weighted by molar-refractivity contribution is -0.146. The summed E-state index contributed by atoms with van der Waals surface area (Å²) < 4.78 is 4.94. The van der Waals surface area contributed by atoms with E-state index in [1.165, 1.54) is 0 Å². The quantitative estimate of drug-likeness (QED) is 0.529. The average Bonchev–Trinajstić information content (AvgIpc) is 2.21. The molecular weight excluding hydrogens is 202 g/mol. The molecule has 0 saturated carbocycles. The van der Waals surface area contributed by atoms with Crippen LogP contribution in [-0.4, -0.2) is 48.0 Å². The number of ether oxygens (including phenoxy) is 1. The second kappa shape index (κ2) is 7.19. The van der Waals surface area contributed by atoms with E-state index in [0.29, 0.717) is 6.42 Å². The van der Waals surface area contributed by atoms with Crippen molar-refractivity contribution >= 4 is 11.9 Å². The lowest BCUT2D eigenvalue weighted by Crippen LogP contribution is -2.36. The molecule has 0 aliphatic carbocycles. The first kappa shape index (κ1) is 13.9. The first-order chi connectivity index (χ1) is 6.97. The van der Waals surface area contributed by atoms with E-state index < -0.39 is 12.1 Å². The molecule has 15 heavy (non-hydrogen) atoms. The number of carboxylic acid groups (broad SMARTS) is 1. The standard InChI is InChI=1S/C9H17NO5/c1-6(15-2)3-4-8(12)10-5-7(11)9(13)14/h6-7,11H,3-5H2,1-2H3,(H,10,12)(H,13,14)/t6?,7-/m0/s1. The Morgan fingerprint density at radius 2 is 2.07 bits per heavy atom. The van der Waals surface area contributed by atoms with Crippen LogP contribution in [0.4, 0.5) is 0 Å². The van der Waals surface area contributed by atoms with Crippen LogP contribution in [0.3, 0.4) is 0 Å². The predicted molar refractivity (Wildman–Crippen MR) is 52.4 cm³/mol. The van der Waals surface area contributed by atoms with E-state index in [1.54, 1.807) is 7.11 Å². The van der Waals surface area contributed by atoms with Crippen molar-refractivity contribution in [3.63, 3.8) is 0 Å². The number of carbonyl (C=O) groups excluding carboxylic acids is 1. The van der Waals surface area contributed by atoms with Gasteiger partial charge in [-0.15, -0.1) is 0 Å². The average molecular weight is 219 g/mol. The Labute approximate surface area is 88.2 Å². The van der Waals surface area contributed by atoms with Gasteiger partial charge in [-0.1, -0.05) is 0 Å². The van der Waals surface area contributed by atoms with E-state index in [0.717, 1.165) is 0 Å². The van der Waals surface area contributed by atoms with Crippen LogP contribution in [-0.2, 0) is 14.3 Å². The summed E-state index contributed by atoms with van der Waals surface area (Å²) in [7, 11) is 1.55. The van der Waals surface area contributed by atoms with Gasteiger partial charge in [0.1, 0.15) is 0 Å². The molecule has 0 heterocycles. The van der Waals surface area contributed by atoms with Gasteiger partial charge in [0.2, 0.25) is 5.91 Å². The largest absolute Gasteiger partial charge is 0.479 e. The summed E-state index contributed by atoms with van der Waals surface area (Å²) in [6.45, 7) is 1.56. The minimum Gasteiger partial charge on any atom is -0.479 e. The molecule has 0 bridgehead atoms. The molecule has 6 heteroatoms. The molecule has 1 amide bonds. The number of nitrogens with one attached hydrogen (secondary N) is 1. The number of hydrogen-bond acceptors (Lipinski definition) is 4. The number of methoxy groups -OCH3 is 1. The Morgan fingerprint density at radius 3 is 2.53 bits per heavy atom. The van der Waals surface area contributed by atoms with Crippen molar-refractivity contribution < 1.29 is 24.5 Å². The van der Waals surface area contributed by atoms with Crippen LogP contribution >= 0.6 is 0 Å². The van der Waals surface area contributed by atoms with Gasteiger partial charge in [0, 0.05) is 13.5 Å². The number of carbonyl (C=O) groups is 2. The number of hydrogen-bond donors (Lipinski definition) is 3. The van der Waals surface area contributed by atoms with Gasteiger partial charge in [0.25, 0.3) is 0 Å². The Morgan fingerprint density at radius 1 is 1.47 bits per heavy atom. The summed E-state index contributed by atoms with van der Waals surface area (Å²) in [5, 5.41) is 19.5. The molecule has 3 N–H and O–H groups in total. The molecule has 0 aliphatic heterocycles. The lowest BCUT2D eigenvalue weighted by atomic mass is 10.2. The Bertz CT molecular complexity index is 219. The smallest absolute Gasteiger partial charge is 0.334 e. The van der Waals surface area contributed by atoms with Crippen LogP contribution in [0.1, 0.15) is 19.8 Å². The molecule has 0 aliphatic rings. The minimum atomic E-state index is -1.55. The highest BCUT2D eigenvalue weighted by Gasteiger charge is 2.14. The van der Waals surface area contributed by atoms with Crippen LogP contribution in [0.5, 0.6) is 0 Å². The van der Waals surface area contributed by atoms with E-state index >= 15 is 0 Å². The van der Waals surface area contributed by atoms with Gasteiger partial charge in [-0.25, -0.2) is 4.79 Å². The van der Waals surface area contributed by atoms with Crippen molar-refractivity contribution in [1.82, 2.24) is 5.32 Å². The molecule has 0 spiro atoms. The monoisotopic (exact) mass is 219 g/mol. The van der Waals surface area contributed by atoms with E-state index in [1.807, 2.05) is 6.92 Å². The molecule has 88 valence electrons. The normalized spacial score (nSPS) is 14.3. The minimum absolute atomic E-state index is 0.0138. The van der Waals surface area contributed by atoms with Crippen molar-refractivity contribution in [2.45, 2.75) is 32.0 Å². The van der Waals surface area contributed by atoms with E-state index in [9.17, 15) is 9.59 Å². The highest BCUT2D eigenvalue weighted by Crippen LogP contribution is 1.99. The first-order valence-electron chi connectivity index (χ1n) is 4.67. The fourth-order valence-electron chi connectivity index (χ4n) is 0.838. The third kappa shape index (κ3) is 6.87. The molecule has 0 fully saturated rings. The van der Waals surface area contributed by atoms with Crippen LogP contribution in [0, 0.1) is 0 Å². The topological polar surface area (TPSA) is 95.9 Å². The van der Waals surface area contributed by atoms with Crippen LogP contribution in [0.15, 0.2) is 0 Å². The number of aliphatic hydroxyl groups is 1. The summed E-state index contributed by atoms with van der Waals surface area (Å²) >= 11 is 0. The molecule has 6 nitrogen and oxygen atoms in total. The fourth-order valence-corrected chi connectivity index (χ4v) is 0.838. The number of rotatable bonds is 7. The van der Waals surface area contributed by atoms with Crippen molar-refractivity contribution in [1.29, 1.82) is 0 Å². The van der Waals surface area contributed by atoms with Crippen molar-refractivity contribution in [3.05, 3.63) is 0 Å². The summed E-state index contributed by atoms with van der Waals surface area (Å²) in [4.78, 5) is 21.3. The maximum Gasteiger partial charge on any atom is 0.334 e. The van der Waals surface area contributed by atoms with Crippen LogP contribution < -0.4 is 5.32 Å². The number of carboxylic acids is 1. The molecular formula is C9H17NO5. The molecule has 0 rings (SSSR count). The van der Waals surface area contributed by atoms with Gasteiger partial charge in [-0.05, 0) is 13.3 Å². The van der Waals surface area contributed by atoms with Crippen molar-refractivity contribution in [3.8, 4) is 0 Å². The second-order valence-electron chi connectivity index (χ2n) is 3.24. The molecule has 1 unspecified atom stereocenters. The number of amides is 1. The summed E-state index contributed by atoms with van der Waals surface area (Å²) in [6, 6.07) is 0. The van der Waals surface area contributed by atoms with Gasteiger partial charge >= 0.3 is 5.97 Å². The molecule has 0 saturated heterocycles. The third-order valence-corrected chi connectivity index (χ3v) is 1.96. The van der Waals surface area contributed by atoms with Gasteiger partial charge in [0.05, 0.1) is 12.6 Å². The van der Waals surface area contributed by atoms with E-state index in [4.69, 9.17) is 14.9 Å². The molecule has 0 aromatic rings. The Kier molecular flexibility index (Phi) is 6.64. The third-order valence-electron chi connectivity index (χ3n) is 1.96. The van der Waals surface area contributed by atoms with Crippen LogP contribution in [0.2, 0.25) is 0 Å². The zero-order valence-corrected chi connectivity index (χ0v) is 8.90. The Hall–Kier alpha value is -1.14.